The Balaban J connectivity index is 3.11. The Kier molecular flexibility index (Phi) is 5.60. The molecule has 19 heavy (non-hydrogen) atoms. The zero-order valence-electron chi connectivity index (χ0n) is 11.4. The van der Waals surface area contributed by atoms with Crippen LogP contribution in [-0.4, -0.2) is 46.8 Å². The average Bonchev–Trinajstić information content (AvgIpc) is 2.41. The highest BCUT2D eigenvalue weighted by molar-refractivity contribution is 6.64. The first kappa shape index (κ1) is 15.8. The summed E-state index contributed by atoms with van der Waals surface area (Å²) in [4.78, 5) is 18.6. The summed E-state index contributed by atoms with van der Waals surface area (Å²) < 4.78 is 13.9. The van der Waals surface area contributed by atoms with Crippen LogP contribution in [-0.2, 0) is 4.79 Å². The largest absolute Gasteiger partial charge is 0.374 e. The first-order valence-corrected chi connectivity index (χ1v) is 6.63. The number of aliphatic imine (C=N–C) groups is 1. The Bertz CT molecular complexity index is 395. The van der Waals surface area contributed by atoms with Crippen molar-refractivity contribution in [3.8, 4) is 0 Å². The highest BCUT2D eigenvalue weighted by Crippen LogP contribution is 2.21. The predicted molar refractivity (Wildman–Crippen MR) is 74.3 cm³/mol. The van der Waals surface area contributed by atoms with Crippen molar-refractivity contribution in [2.45, 2.75) is 38.9 Å². The number of rotatable bonds is 4. The summed E-state index contributed by atoms with van der Waals surface area (Å²) in [6.45, 7) is 3.96. The molecule has 2 unspecified atom stereocenters. The molecular formula is C12H20ClFN4O. The molecule has 0 saturated carbocycles. The van der Waals surface area contributed by atoms with Gasteiger partial charge < -0.3 is 15.5 Å². The number of hydrogen-bond acceptors (Lipinski definition) is 3. The second kappa shape index (κ2) is 6.75. The van der Waals surface area contributed by atoms with Crippen molar-refractivity contribution in [1.82, 2.24) is 9.80 Å². The van der Waals surface area contributed by atoms with Crippen LogP contribution in [0.5, 0.6) is 0 Å². The molecule has 1 rings (SSSR count). The maximum atomic E-state index is 13.9. The molecule has 1 heterocycles. The van der Waals surface area contributed by atoms with Gasteiger partial charge in [-0.15, -0.1) is 0 Å². The quantitative estimate of drug-likeness (QED) is 0.486. The normalized spacial score (nSPS) is 23.2. The molecule has 0 radical (unpaired) electrons. The van der Waals surface area contributed by atoms with Gasteiger partial charge in [0.25, 0.3) is 5.91 Å². The Morgan fingerprint density at radius 1 is 1.74 bits per heavy atom. The van der Waals surface area contributed by atoms with Crippen molar-refractivity contribution in [3.63, 3.8) is 0 Å². The molecule has 1 aliphatic rings. The van der Waals surface area contributed by atoms with Crippen LogP contribution in [0.25, 0.3) is 0 Å². The number of hydrogen-bond donors (Lipinski definition) is 1. The third-order valence-electron chi connectivity index (χ3n) is 3.04. The van der Waals surface area contributed by atoms with E-state index in [-0.39, 0.29) is 17.9 Å². The van der Waals surface area contributed by atoms with E-state index in [2.05, 4.69) is 4.99 Å². The first-order chi connectivity index (χ1) is 8.86. The maximum Gasteiger partial charge on any atom is 0.262 e. The number of amidine groups is 1. The molecule has 1 amide bonds. The molecule has 0 saturated heterocycles. The molecule has 108 valence electrons. The molecule has 7 heteroatoms. The SMILES string of the molecule is CCCC(C)N1CC(F)C(=O)N(C)C=C1/N=C(\N)Cl. The van der Waals surface area contributed by atoms with Crippen molar-refractivity contribution >= 4 is 22.8 Å². The van der Waals surface area contributed by atoms with Crippen LogP contribution in [0.2, 0.25) is 0 Å². The summed E-state index contributed by atoms with van der Waals surface area (Å²) in [5.41, 5.74) is 5.38. The first-order valence-electron chi connectivity index (χ1n) is 6.25. The van der Waals surface area contributed by atoms with Gasteiger partial charge in [-0.2, -0.15) is 0 Å². The lowest BCUT2D eigenvalue weighted by molar-refractivity contribution is -0.132. The second-order valence-electron chi connectivity index (χ2n) is 4.63. The lowest BCUT2D eigenvalue weighted by Crippen LogP contribution is -2.39. The third-order valence-corrected chi connectivity index (χ3v) is 3.12. The molecule has 1 aliphatic heterocycles. The summed E-state index contributed by atoms with van der Waals surface area (Å²) >= 11 is 5.60. The van der Waals surface area contributed by atoms with Crippen molar-refractivity contribution in [3.05, 3.63) is 12.0 Å². The standard InChI is InChI=1S/C12H20ClFN4O/c1-4-5-8(2)18-6-9(14)11(19)17(3)7-10(18)16-12(13)15/h7-9H,4-6H2,1-3H3,(H2,15,16). The third kappa shape index (κ3) is 4.09. The molecule has 0 fully saturated rings. The highest BCUT2D eigenvalue weighted by atomic mass is 35.5. The molecule has 0 spiro atoms. The Hall–Kier alpha value is -1.30. The van der Waals surface area contributed by atoms with Gasteiger partial charge in [-0.1, -0.05) is 13.3 Å². The van der Waals surface area contributed by atoms with Gasteiger partial charge >= 0.3 is 0 Å². The Labute approximate surface area is 117 Å². The van der Waals surface area contributed by atoms with Crippen molar-refractivity contribution in [2.75, 3.05) is 13.6 Å². The van der Waals surface area contributed by atoms with Crippen molar-refractivity contribution in [2.24, 2.45) is 10.7 Å². The molecule has 0 aromatic carbocycles. The van der Waals surface area contributed by atoms with Crippen LogP contribution in [0.4, 0.5) is 4.39 Å². The molecule has 5 nitrogen and oxygen atoms in total. The van der Waals surface area contributed by atoms with E-state index in [4.69, 9.17) is 17.3 Å². The average molecular weight is 291 g/mol. The number of alkyl halides is 1. The molecule has 2 N–H and O–H groups in total. The summed E-state index contributed by atoms with van der Waals surface area (Å²) in [5.74, 6) is -0.184. The van der Waals surface area contributed by atoms with Gasteiger partial charge in [0, 0.05) is 19.3 Å². The predicted octanol–water partition coefficient (Wildman–Crippen LogP) is 1.64. The molecule has 0 aromatic heterocycles. The lowest BCUT2D eigenvalue weighted by atomic mass is 10.1. The van der Waals surface area contributed by atoms with Gasteiger partial charge in [-0.25, -0.2) is 9.38 Å². The Morgan fingerprint density at radius 2 is 2.37 bits per heavy atom. The lowest BCUT2D eigenvalue weighted by Gasteiger charge is -2.30. The summed E-state index contributed by atoms with van der Waals surface area (Å²) in [7, 11) is 1.49. The van der Waals surface area contributed by atoms with E-state index in [0.29, 0.717) is 5.82 Å². The van der Waals surface area contributed by atoms with E-state index < -0.39 is 12.1 Å². The minimum absolute atomic E-state index is 0.0379. The highest BCUT2D eigenvalue weighted by Gasteiger charge is 2.30. The van der Waals surface area contributed by atoms with Crippen LogP contribution in [0, 0.1) is 0 Å². The minimum atomic E-state index is -1.58. The van der Waals surface area contributed by atoms with Crippen LogP contribution in [0.15, 0.2) is 17.0 Å². The molecule has 0 bridgehead atoms. The number of amides is 1. The molecule has 0 aliphatic carbocycles. The Morgan fingerprint density at radius 3 is 2.89 bits per heavy atom. The minimum Gasteiger partial charge on any atom is -0.374 e. The summed E-state index contributed by atoms with van der Waals surface area (Å²) in [6.07, 6.45) is 1.69. The van der Waals surface area contributed by atoms with Gasteiger partial charge in [-0.05, 0) is 24.9 Å². The van der Waals surface area contributed by atoms with E-state index in [1.165, 1.54) is 18.1 Å². The fourth-order valence-electron chi connectivity index (χ4n) is 2.06. The van der Waals surface area contributed by atoms with Crippen LogP contribution >= 0.6 is 11.6 Å². The summed E-state index contributed by atoms with van der Waals surface area (Å²) in [5, 5.41) is -0.141. The van der Waals surface area contributed by atoms with E-state index >= 15 is 0 Å². The van der Waals surface area contributed by atoms with E-state index in [1.807, 2.05) is 13.8 Å². The fourth-order valence-corrected chi connectivity index (χ4v) is 2.14. The fraction of sp³-hybridized carbons (Fsp3) is 0.667. The van der Waals surface area contributed by atoms with Crippen molar-refractivity contribution in [1.29, 1.82) is 0 Å². The molecule has 0 aromatic rings. The van der Waals surface area contributed by atoms with E-state index in [1.54, 1.807) is 4.90 Å². The van der Waals surface area contributed by atoms with Crippen LogP contribution < -0.4 is 5.73 Å². The number of nitrogens with zero attached hydrogens (tertiary/aromatic N) is 3. The smallest absolute Gasteiger partial charge is 0.262 e. The zero-order chi connectivity index (χ0) is 14.6. The van der Waals surface area contributed by atoms with Crippen LogP contribution in [0.1, 0.15) is 26.7 Å². The van der Waals surface area contributed by atoms with E-state index in [0.717, 1.165) is 12.8 Å². The number of nitrogens with two attached hydrogens (primary N) is 1. The monoisotopic (exact) mass is 290 g/mol. The summed E-state index contributed by atoms with van der Waals surface area (Å²) in [6, 6.07) is 0.0496. The molecular weight excluding hydrogens is 271 g/mol. The molecule has 2 atom stereocenters. The van der Waals surface area contributed by atoms with Gasteiger partial charge in [0.15, 0.2) is 11.5 Å². The van der Waals surface area contributed by atoms with Gasteiger partial charge in [0.2, 0.25) is 0 Å². The van der Waals surface area contributed by atoms with Gasteiger partial charge in [0.05, 0.1) is 6.54 Å². The second-order valence-corrected chi connectivity index (χ2v) is 5.02. The van der Waals surface area contributed by atoms with Crippen LogP contribution in [0.3, 0.4) is 0 Å². The number of halogens is 2. The van der Waals surface area contributed by atoms with Crippen molar-refractivity contribution < 1.29 is 9.18 Å². The van der Waals surface area contributed by atoms with Gasteiger partial charge in [0.1, 0.15) is 5.82 Å². The number of carbonyl (C=O) groups is 1. The zero-order valence-corrected chi connectivity index (χ0v) is 12.2. The number of carbonyl (C=O) groups excluding carboxylic acids is 1. The maximum absolute atomic E-state index is 13.9. The topological polar surface area (TPSA) is 61.9 Å². The van der Waals surface area contributed by atoms with Gasteiger partial charge in [-0.3, -0.25) is 4.79 Å². The van der Waals surface area contributed by atoms with E-state index in [9.17, 15) is 9.18 Å².